The van der Waals surface area contributed by atoms with Gasteiger partial charge in [0, 0.05) is 89.6 Å². The number of piperidine rings is 2. The molecule has 0 radical (unpaired) electrons. The lowest BCUT2D eigenvalue weighted by Gasteiger charge is -2.36. The van der Waals surface area contributed by atoms with E-state index in [4.69, 9.17) is 0 Å². The Labute approximate surface area is 300 Å². The molecule has 284 valence electrons. The zero-order valence-electron chi connectivity index (χ0n) is 28.7. The average Bonchev–Trinajstić information content (AvgIpc) is 3.58. The molecule has 0 saturated carbocycles. The van der Waals surface area contributed by atoms with Crippen molar-refractivity contribution >= 4 is 17.6 Å². The number of alkyl halides is 8. The number of aromatic nitrogens is 3. The molecule has 2 aromatic heterocycles. The smallest absolute Gasteiger partial charge is 0.342 e. The average molecular weight is 751 g/mol. The third-order valence-corrected chi connectivity index (χ3v) is 9.47. The summed E-state index contributed by atoms with van der Waals surface area (Å²) in [7, 11) is 1.72. The number of imidazole rings is 1. The summed E-state index contributed by atoms with van der Waals surface area (Å²) >= 11 is 0. The first-order chi connectivity index (χ1) is 25.0. The van der Waals surface area contributed by atoms with Crippen LogP contribution in [0.25, 0.3) is 0 Å². The molecule has 0 bridgehead atoms. The van der Waals surface area contributed by atoms with Gasteiger partial charge in [0.25, 0.3) is 0 Å². The quantitative estimate of drug-likeness (QED) is 0.201. The summed E-state index contributed by atoms with van der Waals surface area (Å²) in [6.45, 7) is 0.990. The number of rotatable bonds is 6. The van der Waals surface area contributed by atoms with E-state index in [1.807, 2.05) is 0 Å². The second kappa shape index (κ2) is 15.9. The van der Waals surface area contributed by atoms with Crippen molar-refractivity contribution in [2.24, 2.45) is 7.05 Å². The number of nitrogens with one attached hydrogen (secondary N) is 1. The van der Waals surface area contributed by atoms with Gasteiger partial charge in [-0.3, -0.25) is 9.78 Å². The minimum absolute atomic E-state index is 0.109. The monoisotopic (exact) mass is 750 g/mol. The molecule has 2 aliphatic heterocycles. The fraction of sp³-hybridized carbons (Fsp3) is 0.405. The highest BCUT2D eigenvalue weighted by molar-refractivity contribution is 5.89. The molecule has 3 amide bonds. The molecule has 4 aromatic rings. The Bertz CT molecular complexity index is 1810. The predicted octanol–water partition coefficient (Wildman–Crippen LogP) is 8.45. The van der Waals surface area contributed by atoms with Crippen LogP contribution in [0.5, 0.6) is 0 Å². The van der Waals surface area contributed by atoms with Gasteiger partial charge in [-0.05, 0) is 60.5 Å². The van der Waals surface area contributed by atoms with Crippen LogP contribution in [0.1, 0.15) is 60.3 Å². The molecular weight excluding hydrogens is 712 g/mol. The van der Waals surface area contributed by atoms with Crippen LogP contribution in [0.2, 0.25) is 0 Å². The minimum atomic E-state index is -4.43. The van der Waals surface area contributed by atoms with Crippen molar-refractivity contribution in [3.63, 3.8) is 0 Å². The lowest BCUT2D eigenvalue weighted by atomic mass is 9.89. The van der Waals surface area contributed by atoms with Crippen LogP contribution in [0.15, 0.2) is 85.3 Å². The van der Waals surface area contributed by atoms with E-state index < -0.39 is 40.8 Å². The van der Waals surface area contributed by atoms with E-state index in [1.165, 1.54) is 35.4 Å². The molecule has 6 rings (SSSR count). The van der Waals surface area contributed by atoms with Crippen molar-refractivity contribution in [3.8, 4) is 0 Å². The van der Waals surface area contributed by atoms with Crippen LogP contribution in [0.3, 0.4) is 0 Å². The van der Waals surface area contributed by atoms with Crippen molar-refractivity contribution in [2.45, 2.75) is 62.2 Å². The largest absolute Gasteiger partial charge is 0.416 e. The Balaban J connectivity index is 0.000000204. The number of nitrogens with zero attached hydrogens (tertiary/aromatic N) is 5. The molecule has 2 aliphatic rings. The Morgan fingerprint density at radius 1 is 0.717 bits per heavy atom. The molecule has 0 unspecified atom stereocenters. The second-order valence-electron chi connectivity index (χ2n) is 13.1. The Kier molecular flexibility index (Phi) is 11.8. The van der Waals surface area contributed by atoms with Gasteiger partial charge in [-0.15, -0.1) is 0 Å². The van der Waals surface area contributed by atoms with Crippen LogP contribution in [-0.4, -0.2) is 62.5 Å². The van der Waals surface area contributed by atoms with Crippen molar-refractivity contribution in [3.05, 3.63) is 114 Å². The molecular formula is C37H38F8N6O2. The van der Waals surface area contributed by atoms with Crippen molar-refractivity contribution < 1.29 is 44.7 Å². The third-order valence-electron chi connectivity index (χ3n) is 9.47. The van der Waals surface area contributed by atoms with Gasteiger partial charge in [0.15, 0.2) is 11.3 Å². The SMILES string of the molecule is Cn1ccnc1C1(F)CCN(C(=O)Nc2ccc(C(F)(F)F)cc2)CC1.O=C(CCc1ccc(C(F)(F)F)cc1)N1CCC(F)(c2ccccn2)CC1. The van der Waals surface area contributed by atoms with E-state index in [-0.39, 0.29) is 56.8 Å². The molecule has 53 heavy (non-hydrogen) atoms. The number of hydrogen-bond acceptors (Lipinski definition) is 4. The number of anilines is 1. The highest BCUT2D eigenvalue weighted by Gasteiger charge is 2.41. The van der Waals surface area contributed by atoms with Crippen molar-refractivity contribution in [1.82, 2.24) is 24.3 Å². The lowest BCUT2D eigenvalue weighted by Crippen LogP contribution is -2.45. The van der Waals surface area contributed by atoms with E-state index in [2.05, 4.69) is 15.3 Å². The van der Waals surface area contributed by atoms with E-state index in [0.29, 0.717) is 36.6 Å². The fourth-order valence-corrected chi connectivity index (χ4v) is 6.29. The van der Waals surface area contributed by atoms with Gasteiger partial charge in [-0.25, -0.2) is 18.6 Å². The number of likely N-dealkylation sites (tertiary alicyclic amines) is 2. The van der Waals surface area contributed by atoms with E-state index in [0.717, 1.165) is 24.3 Å². The summed E-state index contributed by atoms with van der Waals surface area (Å²) < 4.78 is 107. The van der Waals surface area contributed by atoms with Crippen molar-refractivity contribution in [2.75, 3.05) is 31.5 Å². The standard InChI is InChI=1S/C20H20F4N2O.C17H18F4N4O/c21-19(17-3-1-2-12-25-17)10-13-26(14-11-19)18(27)9-6-15-4-7-16(8-5-15)20(22,23)24;1-24-11-8-22-14(24)16(18)6-9-25(10-7-16)15(26)23-13-4-2-12(3-5-13)17(19,20)21/h1-5,7-8,12H,6,9-11,13-14H2;2-5,8,11H,6-7,9-10H2,1H3,(H,23,26). The van der Waals surface area contributed by atoms with Crippen molar-refractivity contribution in [1.29, 1.82) is 0 Å². The summed E-state index contributed by atoms with van der Waals surface area (Å²) in [6, 6.07) is 13.7. The first kappa shape index (κ1) is 39.2. The number of carbonyl (C=O) groups is 2. The number of benzene rings is 2. The first-order valence-electron chi connectivity index (χ1n) is 16.9. The second-order valence-corrected chi connectivity index (χ2v) is 13.1. The van der Waals surface area contributed by atoms with Crippen LogP contribution in [-0.2, 0) is 42.0 Å². The predicted molar refractivity (Wildman–Crippen MR) is 180 cm³/mol. The van der Waals surface area contributed by atoms with Crippen LogP contribution >= 0.6 is 0 Å². The number of carbonyl (C=O) groups excluding carboxylic acids is 2. The van der Waals surface area contributed by atoms with Gasteiger partial charge in [-0.2, -0.15) is 26.3 Å². The molecule has 8 nitrogen and oxygen atoms in total. The summed E-state index contributed by atoms with van der Waals surface area (Å²) in [4.78, 5) is 35.8. The summed E-state index contributed by atoms with van der Waals surface area (Å²) in [5, 5.41) is 2.54. The summed E-state index contributed by atoms with van der Waals surface area (Å²) in [5.74, 6) is 0.221. The normalized spacial score (nSPS) is 17.1. The maximum Gasteiger partial charge on any atom is 0.416 e. The maximum atomic E-state index is 15.1. The number of pyridine rings is 1. The zero-order chi connectivity index (χ0) is 38.4. The molecule has 16 heteroatoms. The maximum absolute atomic E-state index is 15.1. The molecule has 0 atom stereocenters. The molecule has 2 aromatic carbocycles. The van der Waals surface area contributed by atoms with Gasteiger partial charge < -0.3 is 19.7 Å². The highest BCUT2D eigenvalue weighted by atomic mass is 19.4. The Morgan fingerprint density at radius 3 is 1.77 bits per heavy atom. The third kappa shape index (κ3) is 9.90. The van der Waals surface area contributed by atoms with Crippen LogP contribution < -0.4 is 5.32 Å². The summed E-state index contributed by atoms with van der Waals surface area (Å²) in [6.07, 6.45) is -2.90. The number of halogens is 8. The lowest BCUT2D eigenvalue weighted by molar-refractivity contribution is -0.138. The molecule has 2 saturated heterocycles. The molecule has 0 aliphatic carbocycles. The zero-order valence-corrected chi connectivity index (χ0v) is 28.7. The van der Waals surface area contributed by atoms with Gasteiger partial charge in [0.1, 0.15) is 5.82 Å². The number of amides is 3. The van der Waals surface area contributed by atoms with Gasteiger partial charge >= 0.3 is 18.4 Å². The minimum Gasteiger partial charge on any atom is -0.342 e. The Morgan fingerprint density at radius 2 is 1.26 bits per heavy atom. The fourth-order valence-electron chi connectivity index (χ4n) is 6.29. The topological polar surface area (TPSA) is 83.4 Å². The van der Waals surface area contributed by atoms with E-state index >= 15 is 8.78 Å². The van der Waals surface area contributed by atoms with Crippen LogP contribution in [0.4, 0.5) is 45.6 Å². The van der Waals surface area contributed by atoms with E-state index in [1.54, 1.807) is 47.1 Å². The van der Waals surface area contributed by atoms with Gasteiger partial charge in [0.05, 0.1) is 16.8 Å². The van der Waals surface area contributed by atoms with Crippen LogP contribution in [0, 0.1) is 0 Å². The molecule has 1 N–H and O–H groups in total. The molecule has 0 spiro atoms. The number of urea groups is 1. The number of aryl methyl sites for hydroxylation is 2. The Hall–Kier alpha value is -5.02. The molecule has 4 heterocycles. The first-order valence-corrected chi connectivity index (χ1v) is 16.9. The van der Waals surface area contributed by atoms with Gasteiger partial charge in [0.2, 0.25) is 5.91 Å². The molecule has 2 fully saturated rings. The van der Waals surface area contributed by atoms with E-state index in [9.17, 15) is 35.9 Å². The highest BCUT2D eigenvalue weighted by Crippen LogP contribution is 2.37. The number of hydrogen-bond donors (Lipinski definition) is 1. The van der Waals surface area contributed by atoms with Gasteiger partial charge in [-0.1, -0.05) is 18.2 Å². The summed E-state index contributed by atoms with van der Waals surface area (Å²) in [5.41, 5.74) is -3.30.